The molecule has 2 aromatic rings. The number of alkyl halides is 3. The van der Waals surface area contributed by atoms with E-state index in [0.29, 0.717) is 0 Å². The number of nitrogen functional groups attached to an aromatic ring is 1. The molecule has 0 aliphatic rings. The van der Waals surface area contributed by atoms with E-state index in [2.05, 4.69) is 14.8 Å². The maximum absolute atomic E-state index is 12.6. The molecule has 0 saturated heterocycles. The Morgan fingerprint density at radius 2 is 2.12 bits per heavy atom. The Hall–Kier alpha value is -1.99. The Kier molecular flexibility index (Phi) is 2.14. The van der Waals surface area contributed by atoms with Crippen molar-refractivity contribution < 1.29 is 17.7 Å². The van der Waals surface area contributed by atoms with Crippen LogP contribution in [0.15, 0.2) is 16.9 Å². The van der Waals surface area contributed by atoms with E-state index in [1.807, 2.05) is 0 Å². The first-order chi connectivity index (χ1) is 7.39. The highest BCUT2D eigenvalue weighted by Gasteiger charge is 2.38. The minimum Gasteiger partial charge on any atom is -0.394 e. The van der Waals surface area contributed by atoms with Gasteiger partial charge in [-0.2, -0.15) is 18.3 Å². The van der Waals surface area contributed by atoms with Crippen molar-refractivity contribution in [3.63, 3.8) is 0 Å². The topological polar surface area (TPSA) is 69.9 Å². The van der Waals surface area contributed by atoms with Gasteiger partial charge in [-0.3, -0.25) is 4.68 Å². The fourth-order valence-electron chi connectivity index (χ4n) is 1.32. The summed E-state index contributed by atoms with van der Waals surface area (Å²) in [7, 11) is 1.38. The molecule has 0 radical (unpaired) electrons. The number of anilines is 1. The van der Waals surface area contributed by atoms with E-state index in [0.717, 1.165) is 10.9 Å². The summed E-state index contributed by atoms with van der Waals surface area (Å²) in [6.07, 6.45) is -2.24. The largest absolute Gasteiger partial charge is 0.435 e. The Balaban J connectivity index is 2.62. The number of nitrogens with two attached hydrogens (primary N) is 1. The molecule has 0 amide bonds. The van der Waals surface area contributed by atoms with Gasteiger partial charge in [0, 0.05) is 13.2 Å². The van der Waals surface area contributed by atoms with Gasteiger partial charge >= 0.3 is 6.18 Å². The average molecular weight is 232 g/mol. The molecule has 0 saturated carbocycles. The summed E-state index contributed by atoms with van der Waals surface area (Å²) in [6.45, 7) is 0. The Morgan fingerprint density at radius 3 is 2.62 bits per heavy atom. The number of halogens is 3. The molecule has 0 aliphatic carbocycles. The van der Waals surface area contributed by atoms with Crippen molar-refractivity contribution in [3.8, 4) is 11.3 Å². The molecule has 0 fully saturated rings. The molecule has 2 rings (SSSR count). The van der Waals surface area contributed by atoms with Crippen molar-refractivity contribution in [1.82, 2.24) is 14.9 Å². The molecule has 0 unspecified atom stereocenters. The van der Waals surface area contributed by atoms with Gasteiger partial charge in [0.25, 0.3) is 0 Å². The van der Waals surface area contributed by atoms with Crippen LogP contribution in [0.1, 0.15) is 5.69 Å². The smallest absolute Gasteiger partial charge is 0.394 e. The van der Waals surface area contributed by atoms with E-state index >= 15 is 0 Å². The van der Waals surface area contributed by atoms with Crippen LogP contribution in [0, 0.1) is 0 Å². The first-order valence-electron chi connectivity index (χ1n) is 4.21. The van der Waals surface area contributed by atoms with Crippen LogP contribution in [-0.2, 0) is 13.2 Å². The van der Waals surface area contributed by atoms with Crippen molar-refractivity contribution in [3.05, 3.63) is 18.1 Å². The quantitative estimate of drug-likeness (QED) is 0.811. The highest BCUT2D eigenvalue weighted by Crippen LogP contribution is 2.37. The zero-order chi connectivity index (χ0) is 11.9. The zero-order valence-corrected chi connectivity index (χ0v) is 8.12. The lowest BCUT2D eigenvalue weighted by atomic mass is 10.2. The second-order valence-electron chi connectivity index (χ2n) is 3.17. The molecule has 0 aliphatic heterocycles. The van der Waals surface area contributed by atoms with Gasteiger partial charge in [-0.05, 0) is 0 Å². The van der Waals surface area contributed by atoms with E-state index in [9.17, 15) is 13.2 Å². The summed E-state index contributed by atoms with van der Waals surface area (Å²) < 4.78 is 43.5. The standard InChI is InChI=1S/C8H7F3N4O/c1-15-3-4(6-5(12)2-13-16-6)7(14-15)8(9,10)11/h2-3H,12H2,1H3. The predicted molar refractivity (Wildman–Crippen MR) is 48.1 cm³/mol. The number of hydrogen-bond acceptors (Lipinski definition) is 4. The second-order valence-corrected chi connectivity index (χ2v) is 3.17. The Labute approximate surface area is 87.6 Å². The minimum absolute atomic E-state index is 0.0403. The van der Waals surface area contributed by atoms with Crippen LogP contribution in [0.4, 0.5) is 18.9 Å². The molecular weight excluding hydrogens is 225 g/mol. The minimum atomic E-state index is -4.56. The van der Waals surface area contributed by atoms with Crippen molar-refractivity contribution in [2.45, 2.75) is 6.18 Å². The van der Waals surface area contributed by atoms with Gasteiger partial charge < -0.3 is 10.3 Å². The summed E-state index contributed by atoms with van der Waals surface area (Å²) in [5.41, 5.74) is 4.21. The zero-order valence-electron chi connectivity index (χ0n) is 8.12. The molecule has 8 heteroatoms. The molecule has 0 aromatic carbocycles. The van der Waals surface area contributed by atoms with E-state index in [1.165, 1.54) is 13.2 Å². The van der Waals surface area contributed by atoms with Crippen LogP contribution in [0.3, 0.4) is 0 Å². The number of hydrogen-bond donors (Lipinski definition) is 1. The maximum Gasteiger partial charge on any atom is 0.435 e. The van der Waals surface area contributed by atoms with Gasteiger partial charge in [0.2, 0.25) is 0 Å². The molecule has 0 atom stereocenters. The lowest BCUT2D eigenvalue weighted by molar-refractivity contribution is -0.141. The van der Waals surface area contributed by atoms with Gasteiger partial charge in [0.05, 0.1) is 11.8 Å². The molecule has 0 spiro atoms. The first-order valence-corrected chi connectivity index (χ1v) is 4.21. The van der Waals surface area contributed by atoms with Crippen LogP contribution in [0.25, 0.3) is 11.3 Å². The van der Waals surface area contributed by atoms with Crippen LogP contribution in [0.2, 0.25) is 0 Å². The van der Waals surface area contributed by atoms with Gasteiger partial charge in [-0.1, -0.05) is 5.16 Å². The van der Waals surface area contributed by atoms with Crippen LogP contribution in [0.5, 0.6) is 0 Å². The Bertz CT molecular complexity index is 514. The average Bonchev–Trinajstić information content (AvgIpc) is 2.70. The molecule has 16 heavy (non-hydrogen) atoms. The van der Waals surface area contributed by atoms with E-state index in [1.54, 1.807) is 0 Å². The normalized spacial score (nSPS) is 12.0. The number of aryl methyl sites for hydroxylation is 1. The summed E-state index contributed by atoms with van der Waals surface area (Å²) in [4.78, 5) is 0. The molecule has 2 aromatic heterocycles. The lowest BCUT2D eigenvalue weighted by Crippen LogP contribution is -2.08. The lowest BCUT2D eigenvalue weighted by Gasteiger charge is -2.03. The molecular formula is C8H7F3N4O. The summed E-state index contributed by atoms with van der Waals surface area (Å²) in [5, 5.41) is 6.65. The summed E-state index contributed by atoms with van der Waals surface area (Å²) >= 11 is 0. The van der Waals surface area contributed by atoms with Crippen molar-refractivity contribution in [1.29, 1.82) is 0 Å². The highest BCUT2D eigenvalue weighted by molar-refractivity contribution is 5.71. The fourth-order valence-corrected chi connectivity index (χ4v) is 1.32. The molecule has 0 bridgehead atoms. The fraction of sp³-hybridized carbons (Fsp3) is 0.250. The van der Waals surface area contributed by atoms with Gasteiger partial charge in [0.1, 0.15) is 5.69 Å². The molecule has 2 N–H and O–H groups in total. The molecule has 2 heterocycles. The predicted octanol–water partition coefficient (Wildman–Crippen LogP) is 1.68. The number of rotatable bonds is 1. The van der Waals surface area contributed by atoms with Gasteiger partial charge in [-0.15, -0.1) is 0 Å². The highest BCUT2D eigenvalue weighted by atomic mass is 19.4. The van der Waals surface area contributed by atoms with E-state index < -0.39 is 11.9 Å². The third-order valence-corrected chi connectivity index (χ3v) is 1.94. The number of nitrogens with zero attached hydrogens (tertiary/aromatic N) is 3. The van der Waals surface area contributed by atoms with Crippen molar-refractivity contribution in [2.75, 3.05) is 5.73 Å². The molecule has 86 valence electrons. The molecule has 5 nitrogen and oxygen atoms in total. The van der Waals surface area contributed by atoms with Crippen LogP contribution in [-0.4, -0.2) is 14.9 Å². The second kappa shape index (κ2) is 3.26. The maximum atomic E-state index is 12.6. The van der Waals surface area contributed by atoms with Crippen molar-refractivity contribution >= 4 is 5.69 Å². The van der Waals surface area contributed by atoms with E-state index in [-0.39, 0.29) is 17.0 Å². The van der Waals surface area contributed by atoms with Crippen LogP contribution >= 0.6 is 0 Å². The summed E-state index contributed by atoms with van der Waals surface area (Å²) in [6, 6.07) is 0. The Morgan fingerprint density at radius 1 is 1.44 bits per heavy atom. The SMILES string of the molecule is Cn1cc(-c2oncc2N)c(C(F)(F)F)n1. The third kappa shape index (κ3) is 1.62. The van der Waals surface area contributed by atoms with Gasteiger partial charge in [-0.25, -0.2) is 0 Å². The van der Waals surface area contributed by atoms with Crippen molar-refractivity contribution in [2.24, 2.45) is 7.05 Å². The third-order valence-electron chi connectivity index (χ3n) is 1.94. The monoisotopic (exact) mass is 232 g/mol. The van der Waals surface area contributed by atoms with Gasteiger partial charge in [0.15, 0.2) is 11.5 Å². The first kappa shape index (κ1) is 10.5. The number of aromatic nitrogens is 3. The van der Waals surface area contributed by atoms with E-state index in [4.69, 9.17) is 5.73 Å². The van der Waals surface area contributed by atoms with Crippen LogP contribution < -0.4 is 5.73 Å². The summed E-state index contributed by atoms with van der Waals surface area (Å²) in [5.74, 6) is -0.125.